The molecule has 0 aromatic carbocycles. The summed E-state index contributed by atoms with van der Waals surface area (Å²) in [5, 5.41) is 7.54. The van der Waals surface area contributed by atoms with Crippen LogP contribution in [0.1, 0.15) is 190 Å². The van der Waals surface area contributed by atoms with E-state index in [2.05, 4.69) is 16.0 Å². The first-order chi connectivity index (χ1) is 47.4. The first kappa shape index (κ1) is 83.6. The van der Waals surface area contributed by atoms with Gasteiger partial charge in [0.05, 0.1) is 38.1 Å². The number of fused-ring (bicyclic) bond motifs is 1. The number of carbonyl (C=O) groups excluding carboxylic acids is 12. The number of hydrogen-bond acceptors (Lipinski definition) is 13. The third kappa shape index (κ3) is 21.9. The molecule has 3 saturated carbocycles. The molecule has 3 saturated heterocycles. The van der Waals surface area contributed by atoms with Gasteiger partial charge in [0.25, 0.3) is 0 Å². The van der Waals surface area contributed by atoms with Crippen LogP contribution in [0, 0.1) is 35.5 Å². The fourth-order valence-electron chi connectivity index (χ4n) is 15.8. The van der Waals surface area contributed by atoms with Gasteiger partial charge < -0.3 is 64.8 Å². The van der Waals surface area contributed by atoms with Gasteiger partial charge in [0.15, 0.2) is 0 Å². The topological polar surface area (TPSA) is 279 Å². The van der Waals surface area contributed by atoms with Crippen LogP contribution in [0.5, 0.6) is 0 Å². The second kappa shape index (κ2) is 37.4. The number of rotatable bonds is 14. The quantitative estimate of drug-likeness (QED) is 0.180. The summed E-state index contributed by atoms with van der Waals surface area (Å²) < 4.78 is 48.3. The van der Waals surface area contributed by atoms with Crippen molar-refractivity contribution in [3.8, 4) is 0 Å². The minimum atomic E-state index is -4.52. The van der Waals surface area contributed by atoms with Crippen LogP contribution >= 0.6 is 11.6 Å². The molecule has 3 aliphatic heterocycles. The highest BCUT2D eigenvalue weighted by Gasteiger charge is 2.52. The Balaban J connectivity index is 1.44. The summed E-state index contributed by atoms with van der Waals surface area (Å²) in [5.41, 5.74) is -1.61. The molecule has 12 atom stereocenters. The van der Waals surface area contributed by atoms with Crippen molar-refractivity contribution < 1.29 is 75.4 Å². The van der Waals surface area contributed by atoms with Gasteiger partial charge in [-0.3, -0.25) is 57.5 Å². The maximum absolute atomic E-state index is 15.6. The Morgan fingerprint density at radius 2 is 1.20 bits per heavy atom. The van der Waals surface area contributed by atoms with E-state index in [9.17, 15) is 51.5 Å². The van der Waals surface area contributed by atoms with Crippen LogP contribution in [0.2, 0.25) is 0 Å². The number of alkyl halides is 4. The predicted molar refractivity (Wildman–Crippen MR) is 374 cm³/mol. The van der Waals surface area contributed by atoms with Crippen molar-refractivity contribution in [3.05, 3.63) is 0 Å². The average molecular weight is 1450 g/mol. The maximum Gasteiger partial charge on any atom is 0.393 e. The Morgan fingerprint density at radius 3 is 1.78 bits per heavy atom. The lowest BCUT2D eigenvalue weighted by molar-refractivity contribution is -0.182. The second-order valence-corrected chi connectivity index (χ2v) is 31.4. The molecular formula is C72H118ClF3N12O13. The van der Waals surface area contributed by atoms with Gasteiger partial charge in [0, 0.05) is 87.4 Å². The van der Waals surface area contributed by atoms with Gasteiger partial charge in [-0.2, -0.15) is 13.2 Å². The first-order valence-electron chi connectivity index (χ1n) is 37.1. The Morgan fingerprint density at radius 1 is 0.604 bits per heavy atom. The number of ether oxygens (including phenoxy) is 1. The zero-order valence-corrected chi connectivity index (χ0v) is 63.3. The minimum absolute atomic E-state index is 0.0191. The summed E-state index contributed by atoms with van der Waals surface area (Å²) >= 11 is 6.42. The van der Waals surface area contributed by atoms with Crippen molar-refractivity contribution in [3.63, 3.8) is 0 Å². The number of hydrogen-bond donors (Lipinski definition) is 3. The van der Waals surface area contributed by atoms with Gasteiger partial charge in [-0.25, -0.2) is 0 Å². The average Bonchev–Trinajstić information content (AvgIpc) is 1.72. The fraction of sp³-hybridized carbons (Fsp3) is 0.833. The molecule has 6 fully saturated rings. The van der Waals surface area contributed by atoms with E-state index in [1.165, 1.54) is 73.8 Å². The van der Waals surface area contributed by atoms with Crippen molar-refractivity contribution in [1.82, 2.24) is 60.0 Å². The number of likely N-dealkylation sites (tertiary alicyclic amines) is 1. The Labute approximate surface area is 601 Å². The molecule has 0 aromatic heterocycles. The number of carbonyl (C=O) groups is 12. The number of nitrogens with one attached hydrogen (secondary N) is 3. The van der Waals surface area contributed by atoms with Crippen molar-refractivity contribution in [2.24, 2.45) is 35.5 Å². The summed E-state index contributed by atoms with van der Waals surface area (Å²) in [6.07, 6.45) is 1.89. The monoisotopic (exact) mass is 1450 g/mol. The summed E-state index contributed by atoms with van der Waals surface area (Å²) in [6.45, 7) is 11.9. The van der Waals surface area contributed by atoms with Gasteiger partial charge in [0.1, 0.15) is 47.8 Å². The van der Waals surface area contributed by atoms with Crippen LogP contribution < -0.4 is 16.0 Å². The van der Waals surface area contributed by atoms with E-state index in [-0.39, 0.29) is 102 Å². The molecule has 29 heteroatoms. The van der Waals surface area contributed by atoms with Crippen LogP contribution in [0.3, 0.4) is 0 Å². The lowest BCUT2D eigenvalue weighted by Crippen LogP contribution is -2.64. The molecule has 3 unspecified atom stereocenters. The first-order valence-corrected chi connectivity index (χ1v) is 37.5. The number of likely N-dealkylation sites (N-methyl/N-ethyl adjacent to an activating group) is 7. The van der Waals surface area contributed by atoms with E-state index in [1.807, 2.05) is 34.6 Å². The Kier molecular flexibility index (Phi) is 31.0. The molecule has 572 valence electrons. The van der Waals surface area contributed by atoms with E-state index in [0.29, 0.717) is 45.2 Å². The highest BCUT2D eigenvalue weighted by molar-refractivity contribution is 6.21. The minimum Gasteiger partial charge on any atom is -0.377 e. The van der Waals surface area contributed by atoms with E-state index < -0.39 is 180 Å². The van der Waals surface area contributed by atoms with Crippen LogP contribution in [0.4, 0.5) is 13.2 Å². The lowest BCUT2D eigenvalue weighted by atomic mass is 9.78. The summed E-state index contributed by atoms with van der Waals surface area (Å²) in [7, 11) is 9.91. The molecule has 101 heavy (non-hydrogen) atoms. The van der Waals surface area contributed by atoms with Gasteiger partial charge in [0.2, 0.25) is 70.9 Å². The number of nitrogens with zero attached hydrogens (tertiary/aromatic N) is 9. The normalized spacial score (nSPS) is 29.5. The van der Waals surface area contributed by atoms with Crippen LogP contribution in [0.25, 0.3) is 0 Å². The summed E-state index contributed by atoms with van der Waals surface area (Å²) in [6, 6.07) is -8.88. The molecule has 1 spiro atoms. The highest BCUT2D eigenvalue weighted by Crippen LogP contribution is 2.44. The molecule has 6 aliphatic rings. The van der Waals surface area contributed by atoms with Crippen LogP contribution in [-0.4, -0.2) is 276 Å². The van der Waals surface area contributed by atoms with E-state index in [1.54, 1.807) is 18.7 Å². The van der Waals surface area contributed by atoms with E-state index in [0.717, 1.165) is 46.8 Å². The molecule has 3 heterocycles. The van der Waals surface area contributed by atoms with Gasteiger partial charge in [-0.1, -0.05) is 92.9 Å². The fourth-order valence-corrected chi connectivity index (χ4v) is 16.3. The van der Waals surface area contributed by atoms with Crippen molar-refractivity contribution >= 4 is 82.5 Å². The molecular weight excluding hydrogens is 1330 g/mol. The van der Waals surface area contributed by atoms with Crippen molar-refractivity contribution in [2.75, 3.05) is 95.2 Å². The third-order valence-corrected chi connectivity index (χ3v) is 22.8. The van der Waals surface area contributed by atoms with Gasteiger partial charge >= 0.3 is 6.18 Å². The van der Waals surface area contributed by atoms with Crippen molar-refractivity contribution in [1.29, 1.82) is 0 Å². The molecule has 0 radical (unpaired) electrons. The van der Waals surface area contributed by atoms with Crippen LogP contribution in [0.15, 0.2) is 0 Å². The maximum atomic E-state index is 15.6. The third-order valence-electron chi connectivity index (χ3n) is 22.3. The standard InChI is InChI=1S/C72H118ClF3N12O13/c1-15-46(7)62-69(99)82(10)42-60(91)80(8)43-61(92)84(12)56(37-47-24-18-17-19-25-47)66(96)81(9)41-58(89)77-52(29-27-48-26-28-50(51(73)36-48)72(74,75)76)65(95)88-40-49(101-16-2)38-54(88)64(94)79-71(30-20-21-31-71)70(100)86(14)55(35-45(5)6)67(97)85(13)57(68(98)87-32-22-23-33-87)39-59(90)83(11)53(34-44(3)4)63(93)78-62/h44-57,62H,15-43H2,1-14H3,(H,77,89)(H,78,93)(H,79,94)/t46-,48?,49+,50?,51?,52-,53-,54-,55-,56-,57-,62-/m0/s1. The number of halogens is 4. The molecule has 3 aliphatic carbocycles. The van der Waals surface area contributed by atoms with Crippen molar-refractivity contribution in [2.45, 2.75) is 255 Å². The van der Waals surface area contributed by atoms with E-state index >= 15 is 19.2 Å². The second-order valence-electron chi connectivity index (χ2n) is 30.8. The van der Waals surface area contributed by atoms with Crippen LogP contribution in [-0.2, 0) is 62.3 Å². The molecule has 3 N–H and O–H groups in total. The molecule has 0 bridgehead atoms. The van der Waals surface area contributed by atoms with Gasteiger partial charge in [-0.05, 0) is 114 Å². The number of amides is 12. The largest absolute Gasteiger partial charge is 0.393 e. The zero-order chi connectivity index (χ0) is 75.1. The molecule has 0 aromatic rings. The Bertz CT molecular complexity index is 2910. The highest BCUT2D eigenvalue weighted by atomic mass is 35.5. The smallest absolute Gasteiger partial charge is 0.377 e. The lowest BCUT2D eigenvalue weighted by Gasteiger charge is -2.40. The summed E-state index contributed by atoms with van der Waals surface area (Å²) in [5.74, 6) is -10.9. The zero-order valence-electron chi connectivity index (χ0n) is 62.5. The molecule has 25 nitrogen and oxygen atoms in total. The SMILES string of the molecule is CCO[C@@H]1C[C@H]2C(=O)NC3(CCCC3)C(=O)N(C)[C@@H](CC(C)C)C(=O)N(C)[C@H](C(=O)N3CCCC3)CC(=O)N(C)[C@@H](CC(C)C)C(=O)N[C@@H]([C@@H](C)CC)C(=O)N(C)CC(=O)N(C)CC(=O)N(C)[C@@H](CC3CCCCC3)C(=O)N(C)CC(=O)N[C@@H](CCC3CCC(C(F)(F)F)C(Cl)C3)C(=O)N2C1. The summed E-state index contributed by atoms with van der Waals surface area (Å²) in [4.78, 5) is 191. The van der Waals surface area contributed by atoms with E-state index in [4.69, 9.17) is 16.3 Å². The molecule has 12 amide bonds. The molecule has 6 rings (SSSR count). The predicted octanol–water partition coefficient (Wildman–Crippen LogP) is 5.58. The van der Waals surface area contributed by atoms with Gasteiger partial charge in [-0.15, -0.1) is 11.6 Å². The Hall–Kier alpha value is -6.32.